The van der Waals surface area contributed by atoms with E-state index in [0.717, 1.165) is 17.7 Å². The van der Waals surface area contributed by atoms with Gasteiger partial charge in [-0.1, -0.05) is 32.0 Å². The maximum atomic E-state index is 12.3. The third-order valence-corrected chi connectivity index (χ3v) is 3.57. The Morgan fingerprint density at radius 2 is 2.21 bits per heavy atom. The minimum atomic E-state index is -0.112. The second-order valence-corrected chi connectivity index (χ2v) is 5.81. The van der Waals surface area contributed by atoms with Gasteiger partial charge in [0.25, 0.3) is 0 Å². The van der Waals surface area contributed by atoms with Crippen LogP contribution in [0, 0.1) is 5.41 Å². The van der Waals surface area contributed by atoms with Gasteiger partial charge >= 0.3 is 0 Å². The van der Waals surface area contributed by atoms with Crippen molar-refractivity contribution >= 4 is 5.91 Å². The van der Waals surface area contributed by atoms with Gasteiger partial charge in [-0.2, -0.15) is 0 Å². The summed E-state index contributed by atoms with van der Waals surface area (Å²) in [4.78, 5) is 12.3. The van der Waals surface area contributed by atoms with Crippen molar-refractivity contribution in [3.63, 3.8) is 0 Å². The smallest absolute Gasteiger partial charge is 0.227 e. The molecule has 1 unspecified atom stereocenters. The van der Waals surface area contributed by atoms with Crippen LogP contribution in [0.2, 0.25) is 0 Å². The van der Waals surface area contributed by atoms with E-state index >= 15 is 0 Å². The topological polar surface area (TPSA) is 64.3 Å². The Morgan fingerprint density at radius 1 is 1.47 bits per heavy atom. The van der Waals surface area contributed by atoms with E-state index < -0.39 is 0 Å². The normalized spacial score (nSPS) is 18.4. The number of nitrogens with one attached hydrogen (secondary N) is 1. The summed E-state index contributed by atoms with van der Waals surface area (Å²) in [5, 5.41) is 3.01. The molecule has 0 spiro atoms. The summed E-state index contributed by atoms with van der Waals surface area (Å²) in [7, 11) is 0. The zero-order valence-electron chi connectivity index (χ0n) is 11.6. The number of amides is 1. The van der Waals surface area contributed by atoms with Gasteiger partial charge < -0.3 is 15.8 Å². The molecule has 0 aliphatic carbocycles. The van der Waals surface area contributed by atoms with Crippen LogP contribution in [0.5, 0.6) is 5.75 Å². The van der Waals surface area contributed by atoms with Crippen LogP contribution in [0.1, 0.15) is 31.7 Å². The highest BCUT2D eigenvalue weighted by Crippen LogP contribution is 2.33. The van der Waals surface area contributed by atoms with Gasteiger partial charge in [-0.3, -0.25) is 4.79 Å². The van der Waals surface area contributed by atoms with Crippen LogP contribution >= 0.6 is 0 Å². The predicted octanol–water partition coefficient (Wildman–Crippen LogP) is 1.65. The molecule has 0 saturated carbocycles. The molecule has 0 aromatic heterocycles. The van der Waals surface area contributed by atoms with Crippen LogP contribution in [-0.4, -0.2) is 25.6 Å². The van der Waals surface area contributed by atoms with Crippen LogP contribution in [-0.2, 0) is 4.79 Å². The second-order valence-electron chi connectivity index (χ2n) is 5.81. The zero-order valence-corrected chi connectivity index (χ0v) is 11.6. The van der Waals surface area contributed by atoms with Crippen molar-refractivity contribution in [1.82, 2.24) is 5.32 Å². The lowest BCUT2D eigenvalue weighted by Gasteiger charge is -2.27. The van der Waals surface area contributed by atoms with E-state index in [2.05, 4.69) is 5.32 Å². The van der Waals surface area contributed by atoms with Crippen LogP contribution in [0.3, 0.4) is 0 Å². The third kappa shape index (κ3) is 3.26. The largest absolute Gasteiger partial charge is 0.493 e. The Morgan fingerprint density at radius 3 is 2.95 bits per heavy atom. The van der Waals surface area contributed by atoms with Crippen LogP contribution in [0.15, 0.2) is 24.3 Å². The Kier molecular flexibility index (Phi) is 4.10. The molecule has 0 saturated heterocycles. The number of nitrogens with two attached hydrogens (primary N) is 1. The molecule has 19 heavy (non-hydrogen) atoms. The molecule has 0 radical (unpaired) electrons. The van der Waals surface area contributed by atoms with E-state index in [9.17, 15) is 4.79 Å². The minimum Gasteiger partial charge on any atom is -0.493 e. The fourth-order valence-corrected chi connectivity index (χ4v) is 2.14. The van der Waals surface area contributed by atoms with E-state index in [4.69, 9.17) is 10.5 Å². The van der Waals surface area contributed by atoms with Gasteiger partial charge in [-0.05, 0) is 24.4 Å². The van der Waals surface area contributed by atoms with Gasteiger partial charge in [-0.25, -0.2) is 0 Å². The standard InChI is InChI=1S/C15H22N2O2/c1-15(2,9-16)10-17-14(18)12-7-8-19-13-6-4-3-5-11(12)13/h3-6,12H,7-10,16H2,1-2H3,(H,17,18). The van der Waals surface area contributed by atoms with Crippen molar-refractivity contribution in [2.75, 3.05) is 19.7 Å². The number of ether oxygens (including phenoxy) is 1. The number of benzene rings is 1. The summed E-state index contributed by atoms with van der Waals surface area (Å²) in [5.74, 6) is 0.780. The first-order valence-corrected chi connectivity index (χ1v) is 6.73. The summed E-state index contributed by atoms with van der Waals surface area (Å²) in [6, 6.07) is 7.75. The maximum Gasteiger partial charge on any atom is 0.227 e. The second kappa shape index (κ2) is 5.61. The molecule has 0 fully saturated rings. The van der Waals surface area contributed by atoms with E-state index in [1.54, 1.807) is 0 Å². The van der Waals surface area contributed by atoms with Gasteiger partial charge in [0, 0.05) is 12.1 Å². The SMILES string of the molecule is CC(C)(CN)CNC(=O)C1CCOc2ccccc21. The van der Waals surface area contributed by atoms with Crippen molar-refractivity contribution in [3.05, 3.63) is 29.8 Å². The van der Waals surface area contributed by atoms with Gasteiger partial charge in [0.1, 0.15) is 5.75 Å². The molecule has 1 aliphatic rings. The zero-order chi connectivity index (χ0) is 13.9. The minimum absolute atomic E-state index is 0.0669. The van der Waals surface area contributed by atoms with Gasteiger partial charge in [-0.15, -0.1) is 0 Å². The predicted molar refractivity (Wildman–Crippen MR) is 75.1 cm³/mol. The molecule has 1 amide bonds. The molecule has 1 atom stereocenters. The lowest BCUT2D eigenvalue weighted by Crippen LogP contribution is -2.41. The maximum absolute atomic E-state index is 12.3. The number of carbonyl (C=O) groups excluding carboxylic acids is 1. The molecule has 0 bridgehead atoms. The third-order valence-electron chi connectivity index (χ3n) is 3.57. The van der Waals surface area contributed by atoms with Crippen LogP contribution in [0.25, 0.3) is 0 Å². The fraction of sp³-hybridized carbons (Fsp3) is 0.533. The van der Waals surface area contributed by atoms with E-state index in [-0.39, 0.29) is 17.2 Å². The molecular weight excluding hydrogens is 240 g/mol. The molecule has 104 valence electrons. The summed E-state index contributed by atoms with van der Waals surface area (Å²) in [6.45, 7) is 5.84. The molecule has 2 rings (SSSR count). The number of hydrogen-bond acceptors (Lipinski definition) is 3. The van der Waals surface area contributed by atoms with E-state index in [0.29, 0.717) is 19.7 Å². The molecule has 1 aromatic rings. The van der Waals surface area contributed by atoms with Crippen LogP contribution in [0.4, 0.5) is 0 Å². The highest BCUT2D eigenvalue weighted by atomic mass is 16.5. The summed E-state index contributed by atoms with van der Waals surface area (Å²) < 4.78 is 5.57. The number of carbonyl (C=O) groups is 1. The molecule has 4 heteroatoms. The number of rotatable bonds is 4. The number of hydrogen-bond donors (Lipinski definition) is 2. The Labute approximate surface area is 114 Å². The summed E-state index contributed by atoms with van der Waals surface area (Å²) in [6.07, 6.45) is 0.728. The lowest BCUT2D eigenvalue weighted by atomic mass is 9.90. The van der Waals surface area contributed by atoms with Crippen molar-refractivity contribution in [2.24, 2.45) is 11.1 Å². The summed E-state index contributed by atoms with van der Waals surface area (Å²) >= 11 is 0. The summed E-state index contributed by atoms with van der Waals surface area (Å²) in [5.41, 5.74) is 6.59. The molecule has 1 aromatic carbocycles. The molecule has 3 N–H and O–H groups in total. The molecule has 1 aliphatic heterocycles. The fourth-order valence-electron chi connectivity index (χ4n) is 2.14. The number of para-hydroxylation sites is 1. The first-order valence-electron chi connectivity index (χ1n) is 6.73. The highest BCUT2D eigenvalue weighted by molar-refractivity contribution is 5.84. The Balaban J connectivity index is 2.05. The average molecular weight is 262 g/mol. The first kappa shape index (κ1) is 13.9. The molecular formula is C15H22N2O2. The van der Waals surface area contributed by atoms with Crippen molar-refractivity contribution in [3.8, 4) is 5.75 Å². The van der Waals surface area contributed by atoms with E-state index in [1.165, 1.54) is 0 Å². The van der Waals surface area contributed by atoms with Gasteiger partial charge in [0.15, 0.2) is 0 Å². The molecule has 1 heterocycles. The Bertz CT molecular complexity index is 457. The van der Waals surface area contributed by atoms with Crippen molar-refractivity contribution in [1.29, 1.82) is 0 Å². The first-order chi connectivity index (χ1) is 9.03. The van der Waals surface area contributed by atoms with Gasteiger partial charge in [0.05, 0.1) is 12.5 Å². The monoisotopic (exact) mass is 262 g/mol. The average Bonchev–Trinajstić information content (AvgIpc) is 2.44. The van der Waals surface area contributed by atoms with Gasteiger partial charge in [0.2, 0.25) is 5.91 Å². The van der Waals surface area contributed by atoms with Crippen molar-refractivity contribution in [2.45, 2.75) is 26.2 Å². The quantitative estimate of drug-likeness (QED) is 0.867. The van der Waals surface area contributed by atoms with Crippen molar-refractivity contribution < 1.29 is 9.53 Å². The lowest BCUT2D eigenvalue weighted by molar-refractivity contribution is -0.123. The van der Waals surface area contributed by atoms with E-state index in [1.807, 2.05) is 38.1 Å². The van der Waals surface area contributed by atoms with Crippen LogP contribution < -0.4 is 15.8 Å². The highest BCUT2D eigenvalue weighted by Gasteiger charge is 2.28. The number of fused-ring (bicyclic) bond motifs is 1. The Hall–Kier alpha value is -1.55. The molecule has 4 nitrogen and oxygen atoms in total.